The number of unbranched alkanes of at least 4 members (excludes halogenated alkanes) is 2. The molecule has 6 nitrogen and oxygen atoms in total. The van der Waals surface area contributed by atoms with E-state index in [4.69, 9.17) is 28.7 Å². The molecule has 152 valence electrons. The molecule has 0 aliphatic rings. The van der Waals surface area contributed by atoms with Crippen LogP contribution in [0, 0.1) is 11.8 Å². The van der Waals surface area contributed by atoms with Crippen LogP contribution in [-0.4, -0.2) is 19.6 Å². The molecule has 0 heterocycles. The van der Waals surface area contributed by atoms with Gasteiger partial charge in [-0.05, 0) is 11.8 Å². The molecule has 0 saturated carbocycles. The van der Waals surface area contributed by atoms with Gasteiger partial charge in [0, 0.05) is 9.13 Å². The minimum absolute atomic E-state index is 1.01. The first-order valence-corrected chi connectivity index (χ1v) is 11.8. The van der Waals surface area contributed by atoms with Gasteiger partial charge in [0.15, 0.2) is 0 Å². The summed E-state index contributed by atoms with van der Waals surface area (Å²) in [5, 5.41) is 0. The molecule has 25 heavy (non-hydrogen) atoms. The van der Waals surface area contributed by atoms with Crippen LogP contribution in [0.2, 0.25) is 0 Å². The second-order valence-electron chi connectivity index (χ2n) is 6.27. The Morgan fingerprint density at radius 3 is 1.04 bits per heavy atom. The summed E-state index contributed by atoms with van der Waals surface area (Å²) >= 11 is 0. The van der Waals surface area contributed by atoms with Crippen LogP contribution in [0.1, 0.15) is 98.3 Å². The van der Waals surface area contributed by atoms with Gasteiger partial charge in [-0.1, -0.05) is 98.3 Å². The molecule has 2 unspecified atom stereocenters. The average Bonchev–Trinajstić information content (AvgIpc) is 2.52. The molecule has 0 saturated heterocycles. The van der Waals surface area contributed by atoms with E-state index in [9.17, 15) is 0 Å². The lowest BCUT2D eigenvalue weighted by atomic mass is 9.89. The normalized spacial score (nSPS) is 12.2. The SMILES string of the molecule is CCCCC(CC)CCCC(CC)CCCC.O=[P+](O)O.O=[P+](O)O. The minimum Gasteiger partial charge on any atom is -0.134 e. The zero-order chi connectivity index (χ0) is 20.1. The lowest BCUT2D eigenvalue weighted by molar-refractivity contribution is 0.355. The van der Waals surface area contributed by atoms with Crippen LogP contribution >= 0.6 is 16.5 Å². The van der Waals surface area contributed by atoms with E-state index >= 15 is 0 Å². The molecular formula is C17H40O6P2+2. The van der Waals surface area contributed by atoms with Crippen LogP contribution in [0.5, 0.6) is 0 Å². The van der Waals surface area contributed by atoms with E-state index in [1.165, 1.54) is 70.6 Å². The molecule has 0 aromatic carbocycles. The van der Waals surface area contributed by atoms with Crippen LogP contribution in [0.15, 0.2) is 0 Å². The lowest BCUT2D eigenvalue weighted by Gasteiger charge is -2.17. The summed E-state index contributed by atoms with van der Waals surface area (Å²) in [6.07, 6.45) is 15.8. The van der Waals surface area contributed by atoms with Gasteiger partial charge in [-0.3, -0.25) is 0 Å². The predicted molar refractivity (Wildman–Crippen MR) is 105 cm³/mol. The van der Waals surface area contributed by atoms with Crippen LogP contribution in [0.3, 0.4) is 0 Å². The third kappa shape index (κ3) is 35.9. The van der Waals surface area contributed by atoms with Crippen molar-refractivity contribution in [2.24, 2.45) is 11.8 Å². The van der Waals surface area contributed by atoms with Crippen molar-refractivity contribution < 1.29 is 28.7 Å². The summed E-state index contributed by atoms with van der Waals surface area (Å²) in [4.78, 5) is 28.5. The summed E-state index contributed by atoms with van der Waals surface area (Å²) in [6, 6.07) is 0. The number of rotatable bonds is 12. The monoisotopic (exact) mass is 402 g/mol. The fourth-order valence-electron chi connectivity index (χ4n) is 2.79. The fourth-order valence-corrected chi connectivity index (χ4v) is 2.79. The van der Waals surface area contributed by atoms with Gasteiger partial charge < -0.3 is 0 Å². The first-order valence-electron chi connectivity index (χ1n) is 9.44. The Bertz CT molecular complexity index is 267. The van der Waals surface area contributed by atoms with Gasteiger partial charge >= 0.3 is 16.5 Å². The molecule has 0 amide bonds. The summed E-state index contributed by atoms with van der Waals surface area (Å²) in [7, 11) is -5.74. The highest BCUT2D eigenvalue weighted by Gasteiger charge is 2.09. The molecule has 4 N–H and O–H groups in total. The molecule has 0 aromatic heterocycles. The van der Waals surface area contributed by atoms with Gasteiger partial charge in [0.2, 0.25) is 0 Å². The van der Waals surface area contributed by atoms with E-state index in [0.717, 1.165) is 11.8 Å². The first kappa shape index (κ1) is 29.8. The molecule has 0 spiro atoms. The van der Waals surface area contributed by atoms with Crippen molar-refractivity contribution in [2.45, 2.75) is 98.3 Å². The van der Waals surface area contributed by atoms with Crippen molar-refractivity contribution >= 4 is 16.5 Å². The molecule has 2 atom stereocenters. The smallest absolute Gasteiger partial charge is 0.134 e. The Morgan fingerprint density at radius 2 is 0.840 bits per heavy atom. The van der Waals surface area contributed by atoms with Crippen LogP contribution in [-0.2, 0) is 9.13 Å². The molecule has 0 bridgehead atoms. The Balaban J connectivity index is -0.000000503. The highest BCUT2D eigenvalue weighted by Crippen LogP contribution is 2.24. The Kier molecular flexibility index (Phi) is 28.6. The lowest BCUT2D eigenvalue weighted by Crippen LogP contribution is -2.03. The summed E-state index contributed by atoms with van der Waals surface area (Å²) in [5.74, 6) is 2.03. The van der Waals surface area contributed by atoms with E-state index in [1.807, 2.05) is 0 Å². The average molecular weight is 402 g/mol. The van der Waals surface area contributed by atoms with Gasteiger partial charge in [0.1, 0.15) is 0 Å². The van der Waals surface area contributed by atoms with Crippen molar-refractivity contribution in [3.8, 4) is 0 Å². The van der Waals surface area contributed by atoms with Gasteiger partial charge in [0.25, 0.3) is 0 Å². The van der Waals surface area contributed by atoms with E-state index < -0.39 is 16.5 Å². The van der Waals surface area contributed by atoms with Crippen LogP contribution < -0.4 is 0 Å². The molecule has 0 fully saturated rings. The molecule has 0 aliphatic carbocycles. The van der Waals surface area contributed by atoms with Crippen molar-refractivity contribution in [3.05, 3.63) is 0 Å². The van der Waals surface area contributed by atoms with Crippen molar-refractivity contribution in [1.29, 1.82) is 0 Å². The molecule has 8 heteroatoms. The van der Waals surface area contributed by atoms with Crippen molar-refractivity contribution in [3.63, 3.8) is 0 Å². The van der Waals surface area contributed by atoms with Gasteiger partial charge in [-0.15, -0.1) is 19.6 Å². The third-order valence-corrected chi connectivity index (χ3v) is 4.31. The molecular weight excluding hydrogens is 362 g/mol. The van der Waals surface area contributed by atoms with E-state index in [1.54, 1.807) is 0 Å². The minimum atomic E-state index is -2.87. The maximum Gasteiger partial charge on any atom is 0.692 e. The first-order chi connectivity index (χ1) is 11.7. The van der Waals surface area contributed by atoms with E-state index in [0.29, 0.717) is 0 Å². The molecule has 0 aliphatic heterocycles. The standard InChI is InChI=1S/C17H36.2HO3P/c1-5-9-12-16(7-3)14-11-15-17(8-4)13-10-6-2;2*1-4(2)3/h16-17H,5-15H2,1-4H3;2*(H-,1,2,3)/p+2. The zero-order valence-corrected chi connectivity index (χ0v) is 18.2. The highest BCUT2D eigenvalue weighted by atomic mass is 31.1. The van der Waals surface area contributed by atoms with E-state index in [2.05, 4.69) is 27.7 Å². The summed E-state index contributed by atoms with van der Waals surface area (Å²) in [5.41, 5.74) is 0. The Labute approximate surface area is 156 Å². The number of hydrogen-bond acceptors (Lipinski definition) is 2. The topological polar surface area (TPSA) is 115 Å². The highest BCUT2D eigenvalue weighted by molar-refractivity contribution is 7.31. The summed E-state index contributed by atoms with van der Waals surface area (Å²) in [6.45, 7) is 9.36. The molecule has 0 rings (SSSR count). The van der Waals surface area contributed by atoms with E-state index in [-0.39, 0.29) is 0 Å². The second-order valence-corrected chi connectivity index (χ2v) is 7.28. The largest absolute Gasteiger partial charge is 0.692 e. The van der Waals surface area contributed by atoms with Crippen LogP contribution in [0.25, 0.3) is 0 Å². The van der Waals surface area contributed by atoms with Crippen molar-refractivity contribution in [1.82, 2.24) is 0 Å². The van der Waals surface area contributed by atoms with Gasteiger partial charge in [-0.25, -0.2) is 0 Å². The molecule has 0 aromatic rings. The van der Waals surface area contributed by atoms with Crippen LogP contribution in [0.4, 0.5) is 0 Å². The Morgan fingerprint density at radius 1 is 0.600 bits per heavy atom. The Hall–Kier alpha value is 0.0400. The predicted octanol–water partition coefficient (Wildman–Crippen LogP) is 5.85. The third-order valence-electron chi connectivity index (χ3n) is 4.31. The second kappa shape index (κ2) is 24.0. The zero-order valence-electron chi connectivity index (χ0n) is 16.4. The van der Waals surface area contributed by atoms with Crippen molar-refractivity contribution in [2.75, 3.05) is 0 Å². The van der Waals surface area contributed by atoms with Gasteiger partial charge in [0.05, 0.1) is 0 Å². The quantitative estimate of drug-likeness (QED) is 0.305. The maximum absolute atomic E-state index is 8.70. The number of hydrogen-bond donors (Lipinski definition) is 4. The maximum atomic E-state index is 8.70. The fraction of sp³-hybridized carbons (Fsp3) is 1.00. The van der Waals surface area contributed by atoms with Gasteiger partial charge in [-0.2, -0.15) is 0 Å². The summed E-state index contributed by atoms with van der Waals surface area (Å²) < 4.78 is 17.4. The molecule has 0 radical (unpaired) electrons.